The third-order valence-corrected chi connectivity index (χ3v) is 5.15. The third kappa shape index (κ3) is 4.32. The highest BCUT2D eigenvalue weighted by Gasteiger charge is 2.27. The van der Waals surface area contributed by atoms with E-state index in [1.807, 2.05) is 0 Å². The molecule has 1 saturated carbocycles. The summed E-state index contributed by atoms with van der Waals surface area (Å²) in [5.41, 5.74) is 2.62. The number of rotatable bonds is 4. The van der Waals surface area contributed by atoms with Gasteiger partial charge in [0, 0.05) is 0 Å². The molecule has 1 aliphatic rings. The van der Waals surface area contributed by atoms with Gasteiger partial charge in [-0.05, 0) is 41.2 Å². The summed E-state index contributed by atoms with van der Waals surface area (Å²) in [6, 6.07) is 8.62. The van der Waals surface area contributed by atoms with E-state index in [-0.39, 0.29) is 11.5 Å². The van der Waals surface area contributed by atoms with Crippen LogP contribution in [0.2, 0.25) is 0 Å². The lowest BCUT2D eigenvalue weighted by atomic mass is 9.76. The molecule has 0 radical (unpaired) electrons. The summed E-state index contributed by atoms with van der Waals surface area (Å²) in [4.78, 5) is 0. The molecule has 1 heteroatoms. The maximum Gasteiger partial charge on any atom is 0.0818 e. The summed E-state index contributed by atoms with van der Waals surface area (Å²) in [5.74, 6) is 1.36. The molecule has 0 aromatic heterocycles. The first-order valence-corrected chi connectivity index (χ1v) is 8.70. The number of aliphatic hydroxyl groups excluding tert-OH is 1. The van der Waals surface area contributed by atoms with Gasteiger partial charge >= 0.3 is 0 Å². The zero-order valence-electron chi connectivity index (χ0n) is 14.2. The monoisotopic (exact) mass is 288 g/mol. The quantitative estimate of drug-likeness (QED) is 0.762. The van der Waals surface area contributed by atoms with Crippen LogP contribution in [0.3, 0.4) is 0 Å². The van der Waals surface area contributed by atoms with Crippen molar-refractivity contribution in [3.63, 3.8) is 0 Å². The maximum atomic E-state index is 10.7. The van der Waals surface area contributed by atoms with Crippen molar-refractivity contribution < 1.29 is 5.11 Å². The zero-order chi connectivity index (χ0) is 15.5. The van der Waals surface area contributed by atoms with E-state index in [1.165, 1.54) is 44.1 Å². The summed E-state index contributed by atoms with van der Waals surface area (Å²) >= 11 is 0. The Hall–Kier alpha value is -0.820. The molecule has 118 valence electrons. The van der Waals surface area contributed by atoms with Gasteiger partial charge in [-0.3, -0.25) is 0 Å². The second kappa shape index (κ2) is 6.96. The van der Waals surface area contributed by atoms with Crippen molar-refractivity contribution in [3.05, 3.63) is 35.4 Å². The molecule has 1 unspecified atom stereocenters. The molecule has 0 bridgehead atoms. The molecule has 1 aliphatic carbocycles. The van der Waals surface area contributed by atoms with Crippen molar-refractivity contribution in [1.82, 2.24) is 0 Å². The molecule has 0 amide bonds. The number of aliphatic hydroxyl groups is 1. The van der Waals surface area contributed by atoms with E-state index in [2.05, 4.69) is 52.0 Å². The van der Waals surface area contributed by atoms with Crippen LogP contribution in [0.1, 0.15) is 83.5 Å². The molecule has 0 spiro atoms. The van der Waals surface area contributed by atoms with Gasteiger partial charge in [-0.2, -0.15) is 0 Å². The first-order valence-electron chi connectivity index (χ1n) is 8.70. The van der Waals surface area contributed by atoms with Crippen molar-refractivity contribution in [2.24, 2.45) is 11.8 Å². The van der Waals surface area contributed by atoms with Crippen LogP contribution in [0.25, 0.3) is 0 Å². The topological polar surface area (TPSA) is 20.2 Å². The van der Waals surface area contributed by atoms with Crippen molar-refractivity contribution in [2.45, 2.75) is 77.7 Å². The molecule has 1 aromatic carbocycles. The Bertz CT molecular complexity index is 418. The SMILES string of the molecule is CCCC1CCC(C(O)c2ccc(C(C)(C)C)cc2)CC1. The largest absolute Gasteiger partial charge is 0.388 e. The fraction of sp³-hybridized carbons (Fsp3) is 0.700. The van der Waals surface area contributed by atoms with Crippen LogP contribution in [-0.4, -0.2) is 5.11 Å². The highest BCUT2D eigenvalue weighted by Crippen LogP contribution is 2.38. The van der Waals surface area contributed by atoms with Crippen LogP contribution in [0.4, 0.5) is 0 Å². The summed E-state index contributed by atoms with van der Waals surface area (Å²) in [5, 5.41) is 10.7. The maximum absolute atomic E-state index is 10.7. The van der Waals surface area contributed by atoms with Crippen LogP contribution in [0.15, 0.2) is 24.3 Å². The molecule has 0 heterocycles. The van der Waals surface area contributed by atoms with Crippen LogP contribution >= 0.6 is 0 Å². The second-order valence-electron chi connectivity index (χ2n) is 7.89. The average Bonchev–Trinajstić information content (AvgIpc) is 2.47. The van der Waals surface area contributed by atoms with Gasteiger partial charge in [-0.1, -0.05) is 77.6 Å². The predicted octanol–water partition coefficient (Wildman–Crippen LogP) is 5.62. The van der Waals surface area contributed by atoms with E-state index in [4.69, 9.17) is 0 Å². The van der Waals surface area contributed by atoms with Gasteiger partial charge in [-0.25, -0.2) is 0 Å². The minimum atomic E-state index is -0.276. The Kier molecular flexibility index (Phi) is 5.48. The summed E-state index contributed by atoms with van der Waals surface area (Å²) in [7, 11) is 0. The smallest absolute Gasteiger partial charge is 0.0818 e. The fourth-order valence-corrected chi connectivity index (χ4v) is 3.65. The van der Waals surface area contributed by atoms with Gasteiger partial charge in [0.1, 0.15) is 0 Å². The van der Waals surface area contributed by atoms with Crippen LogP contribution in [-0.2, 0) is 5.41 Å². The molecule has 1 aromatic rings. The van der Waals surface area contributed by atoms with Gasteiger partial charge in [0.15, 0.2) is 0 Å². The molecule has 0 aliphatic heterocycles. The minimum Gasteiger partial charge on any atom is -0.388 e. The van der Waals surface area contributed by atoms with Crippen LogP contribution in [0.5, 0.6) is 0 Å². The van der Waals surface area contributed by atoms with Gasteiger partial charge < -0.3 is 5.11 Å². The van der Waals surface area contributed by atoms with E-state index in [1.54, 1.807) is 0 Å². The highest BCUT2D eigenvalue weighted by atomic mass is 16.3. The van der Waals surface area contributed by atoms with E-state index in [0.29, 0.717) is 5.92 Å². The van der Waals surface area contributed by atoms with E-state index >= 15 is 0 Å². The lowest BCUT2D eigenvalue weighted by molar-refractivity contribution is 0.0722. The Balaban J connectivity index is 1.96. The van der Waals surface area contributed by atoms with Crippen molar-refractivity contribution in [1.29, 1.82) is 0 Å². The number of benzene rings is 1. The molecule has 1 fully saturated rings. The first-order chi connectivity index (χ1) is 9.91. The molecule has 2 rings (SSSR count). The van der Waals surface area contributed by atoms with Gasteiger partial charge in [0.05, 0.1) is 6.10 Å². The van der Waals surface area contributed by atoms with Crippen molar-refractivity contribution in [3.8, 4) is 0 Å². The Morgan fingerprint density at radius 3 is 2.10 bits per heavy atom. The van der Waals surface area contributed by atoms with Crippen LogP contribution < -0.4 is 0 Å². The van der Waals surface area contributed by atoms with Crippen LogP contribution in [0, 0.1) is 11.8 Å². The summed E-state index contributed by atoms with van der Waals surface area (Å²) < 4.78 is 0. The zero-order valence-corrected chi connectivity index (χ0v) is 14.2. The molecule has 1 N–H and O–H groups in total. The Labute approximate surface area is 130 Å². The van der Waals surface area contributed by atoms with E-state index in [0.717, 1.165) is 11.5 Å². The summed E-state index contributed by atoms with van der Waals surface area (Å²) in [6.45, 7) is 8.96. The summed E-state index contributed by atoms with van der Waals surface area (Å²) in [6.07, 6.45) is 7.36. The number of hydrogen-bond acceptors (Lipinski definition) is 1. The predicted molar refractivity (Wildman–Crippen MR) is 90.5 cm³/mol. The average molecular weight is 288 g/mol. The number of hydrogen-bond donors (Lipinski definition) is 1. The van der Waals surface area contributed by atoms with E-state index < -0.39 is 0 Å². The molecule has 1 atom stereocenters. The first kappa shape index (κ1) is 16.5. The highest BCUT2D eigenvalue weighted by molar-refractivity contribution is 5.29. The van der Waals surface area contributed by atoms with Crippen molar-refractivity contribution in [2.75, 3.05) is 0 Å². The second-order valence-corrected chi connectivity index (χ2v) is 7.89. The Morgan fingerprint density at radius 2 is 1.62 bits per heavy atom. The fourth-order valence-electron chi connectivity index (χ4n) is 3.65. The molecule has 21 heavy (non-hydrogen) atoms. The third-order valence-electron chi connectivity index (χ3n) is 5.15. The Morgan fingerprint density at radius 1 is 1.05 bits per heavy atom. The normalized spacial score (nSPS) is 24.8. The molecule has 1 nitrogen and oxygen atoms in total. The lowest BCUT2D eigenvalue weighted by Crippen LogP contribution is -2.20. The molecular weight excluding hydrogens is 256 g/mol. The van der Waals surface area contributed by atoms with Crippen molar-refractivity contribution >= 4 is 0 Å². The van der Waals surface area contributed by atoms with Gasteiger partial charge in [0.25, 0.3) is 0 Å². The van der Waals surface area contributed by atoms with E-state index in [9.17, 15) is 5.11 Å². The lowest BCUT2D eigenvalue weighted by Gasteiger charge is -2.32. The standard InChI is InChI=1S/C20H32O/c1-5-6-15-7-9-16(10-8-15)19(21)17-11-13-18(14-12-17)20(2,3)4/h11-16,19,21H,5-10H2,1-4H3. The van der Waals surface area contributed by atoms with Gasteiger partial charge in [-0.15, -0.1) is 0 Å². The molecule has 0 saturated heterocycles. The minimum absolute atomic E-state index is 0.182. The van der Waals surface area contributed by atoms with Gasteiger partial charge in [0.2, 0.25) is 0 Å². The molecular formula is C20H32O.